The van der Waals surface area contributed by atoms with Crippen LogP contribution in [0.2, 0.25) is 0 Å². The maximum atomic E-state index is 11.9. The first-order valence-electron chi connectivity index (χ1n) is 6.18. The molecule has 106 valence electrons. The lowest BCUT2D eigenvalue weighted by Crippen LogP contribution is -2.28. The van der Waals surface area contributed by atoms with Gasteiger partial charge in [-0.25, -0.2) is 17.7 Å². The molecule has 2 rings (SSSR count). The van der Waals surface area contributed by atoms with E-state index in [-0.39, 0.29) is 4.90 Å². The molecule has 0 saturated heterocycles. The Bertz CT molecular complexity index is 526. The van der Waals surface area contributed by atoms with Crippen LogP contribution < -0.4 is 4.90 Å². The monoisotopic (exact) mass is 347 g/mol. The maximum Gasteiger partial charge on any atom is 0.244 e. The molecule has 19 heavy (non-hydrogen) atoms. The normalized spacial score (nSPS) is 15.8. The largest absolute Gasteiger partial charge is 0.353 e. The standard InChI is InChI=1S/C12H18BrN3O2S/c1-15(2)19(17,18)11-5-6-12(14-9-11)16(8-7-13)10-3-4-10/h5-6,9-10H,3-4,7-8H2,1-2H3. The second kappa shape index (κ2) is 5.76. The first-order valence-corrected chi connectivity index (χ1v) is 8.74. The summed E-state index contributed by atoms with van der Waals surface area (Å²) in [7, 11) is -0.356. The Morgan fingerprint density at radius 2 is 2.05 bits per heavy atom. The fraction of sp³-hybridized carbons (Fsp3) is 0.583. The van der Waals surface area contributed by atoms with Gasteiger partial charge in [0.1, 0.15) is 10.7 Å². The summed E-state index contributed by atoms with van der Waals surface area (Å²) >= 11 is 3.44. The third-order valence-electron chi connectivity index (χ3n) is 3.11. The Balaban J connectivity index is 2.22. The number of halogens is 1. The van der Waals surface area contributed by atoms with E-state index in [0.29, 0.717) is 6.04 Å². The van der Waals surface area contributed by atoms with E-state index in [9.17, 15) is 8.42 Å². The van der Waals surface area contributed by atoms with Gasteiger partial charge in [-0.05, 0) is 25.0 Å². The van der Waals surface area contributed by atoms with E-state index < -0.39 is 10.0 Å². The zero-order valence-corrected chi connectivity index (χ0v) is 13.5. The molecule has 1 aromatic rings. The summed E-state index contributed by atoms with van der Waals surface area (Å²) in [5.41, 5.74) is 0. The van der Waals surface area contributed by atoms with Crippen LogP contribution in [0.15, 0.2) is 23.2 Å². The highest BCUT2D eigenvalue weighted by atomic mass is 79.9. The lowest BCUT2D eigenvalue weighted by atomic mass is 10.4. The minimum atomic E-state index is -3.39. The Morgan fingerprint density at radius 3 is 2.47 bits per heavy atom. The van der Waals surface area contributed by atoms with Crippen molar-refractivity contribution < 1.29 is 8.42 Å². The molecule has 0 bridgehead atoms. The average molecular weight is 348 g/mol. The first kappa shape index (κ1) is 14.7. The average Bonchev–Trinajstić information content (AvgIpc) is 3.20. The Hall–Kier alpha value is -0.660. The van der Waals surface area contributed by atoms with Crippen molar-refractivity contribution in [2.45, 2.75) is 23.8 Å². The van der Waals surface area contributed by atoms with Crippen LogP contribution in [0.3, 0.4) is 0 Å². The predicted octanol–water partition coefficient (Wildman–Crippen LogP) is 1.70. The van der Waals surface area contributed by atoms with Crippen LogP contribution in [0.1, 0.15) is 12.8 Å². The molecule has 0 spiro atoms. The van der Waals surface area contributed by atoms with Gasteiger partial charge in [0.25, 0.3) is 0 Å². The van der Waals surface area contributed by atoms with Crippen molar-refractivity contribution in [3.05, 3.63) is 18.3 Å². The second-order valence-electron chi connectivity index (χ2n) is 4.75. The van der Waals surface area contributed by atoms with Gasteiger partial charge < -0.3 is 4.90 Å². The molecule has 0 amide bonds. The highest BCUT2D eigenvalue weighted by Crippen LogP contribution is 2.30. The molecule has 0 aliphatic heterocycles. The third-order valence-corrected chi connectivity index (χ3v) is 5.26. The van der Waals surface area contributed by atoms with E-state index in [4.69, 9.17) is 0 Å². The van der Waals surface area contributed by atoms with Crippen molar-refractivity contribution in [3.63, 3.8) is 0 Å². The van der Waals surface area contributed by atoms with Crippen molar-refractivity contribution >= 4 is 31.8 Å². The zero-order valence-electron chi connectivity index (χ0n) is 11.1. The summed E-state index contributed by atoms with van der Waals surface area (Å²) < 4.78 is 25.1. The van der Waals surface area contributed by atoms with Gasteiger partial charge in [-0.2, -0.15) is 0 Å². The van der Waals surface area contributed by atoms with Gasteiger partial charge in [0.05, 0.1) is 0 Å². The van der Waals surface area contributed by atoms with Crippen LogP contribution >= 0.6 is 15.9 Å². The van der Waals surface area contributed by atoms with Gasteiger partial charge in [-0.1, -0.05) is 15.9 Å². The van der Waals surface area contributed by atoms with Crippen molar-refractivity contribution in [1.82, 2.24) is 9.29 Å². The van der Waals surface area contributed by atoms with Gasteiger partial charge in [0.2, 0.25) is 10.0 Å². The SMILES string of the molecule is CN(C)S(=O)(=O)c1ccc(N(CCBr)C2CC2)nc1. The van der Waals surface area contributed by atoms with E-state index in [1.54, 1.807) is 12.1 Å². The molecule has 0 atom stereocenters. The molecule has 0 unspecified atom stereocenters. The van der Waals surface area contributed by atoms with Crippen LogP contribution in [-0.2, 0) is 10.0 Å². The van der Waals surface area contributed by atoms with Crippen LogP contribution in [-0.4, -0.2) is 49.7 Å². The van der Waals surface area contributed by atoms with Crippen LogP contribution in [0.4, 0.5) is 5.82 Å². The maximum absolute atomic E-state index is 11.9. The molecule has 1 heterocycles. The summed E-state index contributed by atoms with van der Waals surface area (Å²) in [5.74, 6) is 0.847. The molecule has 0 radical (unpaired) electrons. The van der Waals surface area contributed by atoms with E-state index >= 15 is 0 Å². The number of aromatic nitrogens is 1. The molecular formula is C12H18BrN3O2S. The fourth-order valence-corrected chi connectivity index (χ4v) is 3.10. The molecular weight excluding hydrogens is 330 g/mol. The molecule has 0 aromatic carbocycles. The Kier molecular flexibility index (Phi) is 4.47. The van der Waals surface area contributed by atoms with E-state index in [2.05, 4.69) is 25.8 Å². The van der Waals surface area contributed by atoms with Crippen molar-refractivity contribution in [3.8, 4) is 0 Å². The van der Waals surface area contributed by atoms with Gasteiger partial charge in [-0.3, -0.25) is 0 Å². The van der Waals surface area contributed by atoms with Gasteiger partial charge >= 0.3 is 0 Å². The summed E-state index contributed by atoms with van der Waals surface area (Å²) in [5, 5.41) is 0.878. The summed E-state index contributed by atoms with van der Waals surface area (Å²) in [6, 6.07) is 3.97. The number of alkyl halides is 1. The topological polar surface area (TPSA) is 53.5 Å². The zero-order chi connectivity index (χ0) is 14.0. The van der Waals surface area contributed by atoms with Crippen LogP contribution in [0.25, 0.3) is 0 Å². The number of hydrogen-bond donors (Lipinski definition) is 0. The van der Waals surface area contributed by atoms with Gasteiger partial charge in [0, 0.05) is 38.2 Å². The summed E-state index contributed by atoms with van der Waals surface area (Å²) in [6.07, 6.45) is 3.81. The van der Waals surface area contributed by atoms with E-state index in [0.717, 1.165) is 17.7 Å². The van der Waals surface area contributed by atoms with Crippen molar-refractivity contribution in [2.24, 2.45) is 0 Å². The van der Waals surface area contributed by atoms with E-state index in [1.807, 2.05) is 0 Å². The molecule has 5 nitrogen and oxygen atoms in total. The number of pyridine rings is 1. The summed E-state index contributed by atoms with van der Waals surface area (Å²) in [4.78, 5) is 6.76. The molecule has 1 aliphatic rings. The van der Waals surface area contributed by atoms with Gasteiger partial charge in [-0.15, -0.1) is 0 Å². The molecule has 0 N–H and O–H groups in total. The number of nitrogens with zero attached hydrogens (tertiary/aromatic N) is 3. The van der Waals surface area contributed by atoms with Gasteiger partial charge in [0.15, 0.2) is 0 Å². The van der Waals surface area contributed by atoms with E-state index in [1.165, 1.54) is 37.4 Å². The smallest absolute Gasteiger partial charge is 0.244 e. The number of rotatable bonds is 6. The third kappa shape index (κ3) is 3.27. The quantitative estimate of drug-likeness (QED) is 0.735. The second-order valence-corrected chi connectivity index (χ2v) is 7.70. The number of anilines is 1. The first-order chi connectivity index (χ1) is 8.96. The van der Waals surface area contributed by atoms with Crippen LogP contribution in [0, 0.1) is 0 Å². The highest BCUT2D eigenvalue weighted by Gasteiger charge is 2.29. The lowest BCUT2D eigenvalue weighted by molar-refractivity contribution is 0.520. The van der Waals surface area contributed by atoms with Crippen LogP contribution in [0.5, 0.6) is 0 Å². The lowest BCUT2D eigenvalue weighted by Gasteiger charge is -2.22. The minimum absolute atomic E-state index is 0.232. The molecule has 1 aromatic heterocycles. The van der Waals surface area contributed by atoms with Crippen molar-refractivity contribution in [1.29, 1.82) is 0 Å². The van der Waals surface area contributed by atoms with Crippen molar-refractivity contribution in [2.75, 3.05) is 30.9 Å². The predicted molar refractivity (Wildman–Crippen MR) is 79.3 cm³/mol. The Labute approximate surface area is 122 Å². The molecule has 1 fully saturated rings. The number of hydrogen-bond acceptors (Lipinski definition) is 4. The molecule has 1 aliphatic carbocycles. The fourth-order valence-electron chi connectivity index (χ4n) is 1.87. The number of sulfonamides is 1. The highest BCUT2D eigenvalue weighted by molar-refractivity contribution is 9.09. The minimum Gasteiger partial charge on any atom is -0.353 e. The summed E-state index contributed by atoms with van der Waals surface area (Å²) in [6.45, 7) is 0.886. The Morgan fingerprint density at radius 1 is 1.37 bits per heavy atom. The molecule has 7 heteroatoms. The molecule has 1 saturated carbocycles.